The molecule has 0 atom stereocenters. The first-order valence-corrected chi connectivity index (χ1v) is 7.26. The van der Waals surface area contributed by atoms with Gasteiger partial charge in [-0.1, -0.05) is 6.07 Å². The monoisotopic (exact) mass is 370 g/mol. The van der Waals surface area contributed by atoms with Crippen molar-refractivity contribution >= 4 is 12.1 Å². The van der Waals surface area contributed by atoms with E-state index in [1.54, 1.807) is 36.9 Å². The van der Waals surface area contributed by atoms with E-state index in [4.69, 9.17) is 15.4 Å². The molecule has 0 fully saturated rings. The summed E-state index contributed by atoms with van der Waals surface area (Å²) >= 11 is 0. The van der Waals surface area contributed by atoms with Gasteiger partial charge < -0.3 is 14.5 Å². The number of benzene rings is 1. The van der Waals surface area contributed by atoms with Gasteiger partial charge in [-0.3, -0.25) is 10.2 Å². The average Bonchev–Trinajstić information content (AvgIpc) is 2.60. The van der Waals surface area contributed by atoms with Crippen LogP contribution in [0.3, 0.4) is 0 Å². The van der Waals surface area contributed by atoms with E-state index in [-0.39, 0.29) is 18.2 Å². The summed E-state index contributed by atoms with van der Waals surface area (Å²) in [4.78, 5) is 8.94. The molecular formula is C15H20F2N6O3. The van der Waals surface area contributed by atoms with Gasteiger partial charge in [0.05, 0.1) is 17.4 Å². The second-order valence-corrected chi connectivity index (χ2v) is 4.89. The lowest BCUT2D eigenvalue weighted by Gasteiger charge is -2.20. The van der Waals surface area contributed by atoms with Gasteiger partial charge in [0, 0.05) is 13.1 Å². The summed E-state index contributed by atoms with van der Waals surface area (Å²) in [7, 11) is 1.59. The number of nitrogens with zero attached hydrogens (tertiary/aromatic N) is 3. The van der Waals surface area contributed by atoms with Crippen LogP contribution in [-0.2, 0) is 11.4 Å². The fourth-order valence-electron chi connectivity index (χ4n) is 1.89. The van der Waals surface area contributed by atoms with Gasteiger partial charge in [0.1, 0.15) is 12.4 Å². The average molecular weight is 370 g/mol. The number of hydrogen-bond acceptors (Lipinski definition) is 8. The Morgan fingerprint density at radius 3 is 2.65 bits per heavy atom. The molecule has 0 aliphatic heterocycles. The van der Waals surface area contributed by atoms with Crippen molar-refractivity contribution in [1.29, 1.82) is 0 Å². The Balaban J connectivity index is 0.000000765. The number of hydrogen-bond donors (Lipinski definition) is 3. The van der Waals surface area contributed by atoms with Crippen LogP contribution in [0.1, 0.15) is 11.1 Å². The molecule has 9 nitrogen and oxygen atoms in total. The molecule has 2 rings (SSSR count). The highest BCUT2D eigenvalue weighted by Crippen LogP contribution is 2.30. The maximum absolute atomic E-state index is 12.5. The normalized spacial score (nSPS) is 9.81. The minimum atomic E-state index is -2.93. The number of hydrazine groups is 2. The van der Waals surface area contributed by atoms with Gasteiger partial charge in [-0.25, -0.2) is 11.7 Å². The van der Waals surface area contributed by atoms with E-state index < -0.39 is 6.61 Å². The van der Waals surface area contributed by atoms with Gasteiger partial charge in [-0.05, 0) is 24.6 Å². The molecule has 0 spiro atoms. The molecule has 0 aliphatic rings. The number of aryl methyl sites for hydroxylation is 1. The predicted molar refractivity (Wildman–Crippen MR) is 90.2 cm³/mol. The SMILES string of the molecule is Cc1cnnc(OCc2c(OC(F)F)cccc2N(C)N)c1.NNC=O. The Hall–Kier alpha value is -3.05. The van der Waals surface area contributed by atoms with Crippen molar-refractivity contribution in [3.8, 4) is 11.6 Å². The number of carbonyl (C=O) groups excluding carboxylic acids is 1. The maximum Gasteiger partial charge on any atom is 0.387 e. The van der Waals surface area contributed by atoms with E-state index in [9.17, 15) is 8.78 Å². The zero-order chi connectivity index (χ0) is 19.5. The first-order valence-electron chi connectivity index (χ1n) is 7.26. The third kappa shape index (κ3) is 6.83. The number of carbonyl (C=O) groups is 1. The number of rotatable bonds is 7. The van der Waals surface area contributed by atoms with Crippen LogP contribution in [-0.4, -0.2) is 30.3 Å². The van der Waals surface area contributed by atoms with Crippen LogP contribution in [0.15, 0.2) is 30.5 Å². The Labute approximate surface area is 148 Å². The van der Waals surface area contributed by atoms with E-state index in [1.165, 1.54) is 11.1 Å². The molecule has 0 bridgehead atoms. The number of alkyl halides is 2. The smallest absolute Gasteiger partial charge is 0.387 e. The maximum atomic E-state index is 12.5. The molecule has 1 aromatic carbocycles. The van der Waals surface area contributed by atoms with Crippen LogP contribution in [0.5, 0.6) is 11.6 Å². The minimum Gasteiger partial charge on any atom is -0.471 e. The number of anilines is 1. The molecule has 5 N–H and O–H groups in total. The first-order chi connectivity index (χ1) is 12.4. The van der Waals surface area contributed by atoms with Crippen molar-refractivity contribution in [2.45, 2.75) is 20.1 Å². The Morgan fingerprint density at radius 2 is 2.12 bits per heavy atom. The van der Waals surface area contributed by atoms with E-state index in [2.05, 4.69) is 20.8 Å². The van der Waals surface area contributed by atoms with Crippen molar-refractivity contribution < 1.29 is 23.0 Å². The highest BCUT2D eigenvalue weighted by atomic mass is 19.3. The van der Waals surface area contributed by atoms with Crippen molar-refractivity contribution in [1.82, 2.24) is 15.6 Å². The van der Waals surface area contributed by atoms with Crippen molar-refractivity contribution in [3.05, 3.63) is 41.6 Å². The largest absolute Gasteiger partial charge is 0.471 e. The molecule has 0 saturated heterocycles. The molecule has 2 aromatic rings. The van der Waals surface area contributed by atoms with Gasteiger partial charge in [-0.2, -0.15) is 13.9 Å². The summed E-state index contributed by atoms with van der Waals surface area (Å²) in [5.41, 5.74) is 3.54. The molecule has 1 heterocycles. The highest BCUT2D eigenvalue weighted by molar-refractivity contribution is 5.58. The van der Waals surface area contributed by atoms with E-state index in [1.807, 2.05) is 6.92 Å². The van der Waals surface area contributed by atoms with Crippen LogP contribution in [0.2, 0.25) is 0 Å². The number of nitrogens with one attached hydrogen (secondary N) is 1. The zero-order valence-corrected chi connectivity index (χ0v) is 14.2. The van der Waals surface area contributed by atoms with E-state index in [0.29, 0.717) is 17.7 Å². The van der Waals surface area contributed by atoms with Crippen LogP contribution in [0, 0.1) is 6.92 Å². The fourth-order valence-corrected chi connectivity index (χ4v) is 1.89. The summed E-state index contributed by atoms with van der Waals surface area (Å²) in [6.45, 7) is -1.12. The van der Waals surface area contributed by atoms with Gasteiger partial charge in [0.15, 0.2) is 0 Å². The van der Waals surface area contributed by atoms with Crippen molar-refractivity contribution in [2.24, 2.45) is 11.7 Å². The van der Waals surface area contributed by atoms with Gasteiger partial charge in [0.2, 0.25) is 12.3 Å². The number of amides is 1. The topological polar surface area (TPSA) is 129 Å². The fraction of sp³-hybridized carbons (Fsp3) is 0.267. The second-order valence-electron chi connectivity index (χ2n) is 4.89. The van der Waals surface area contributed by atoms with E-state index in [0.717, 1.165) is 5.56 Å². The molecule has 0 radical (unpaired) electrons. The molecule has 0 aliphatic carbocycles. The lowest BCUT2D eigenvalue weighted by Crippen LogP contribution is -2.27. The minimum absolute atomic E-state index is 0.00501. The van der Waals surface area contributed by atoms with Crippen LogP contribution < -0.4 is 31.6 Å². The van der Waals surface area contributed by atoms with E-state index >= 15 is 0 Å². The zero-order valence-electron chi connectivity index (χ0n) is 14.2. The van der Waals surface area contributed by atoms with Crippen molar-refractivity contribution in [2.75, 3.05) is 12.1 Å². The number of ether oxygens (including phenoxy) is 2. The lowest BCUT2D eigenvalue weighted by molar-refractivity contribution is -0.109. The number of nitrogens with two attached hydrogens (primary N) is 2. The molecule has 0 saturated carbocycles. The van der Waals surface area contributed by atoms with Crippen LogP contribution in [0.25, 0.3) is 0 Å². The molecule has 1 aromatic heterocycles. The van der Waals surface area contributed by atoms with Gasteiger partial charge >= 0.3 is 6.61 Å². The summed E-state index contributed by atoms with van der Waals surface area (Å²) in [5, 5.41) is 8.88. The van der Waals surface area contributed by atoms with Crippen LogP contribution in [0.4, 0.5) is 14.5 Å². The summed E-state index contributed by atoms with van der Waals surface area (Å²) in [6.07, 6.45) is 1.99. The Kier molecular flexibility index (Phi) is 8.67. The first kappa shape index (κ1) is 21.0. The third-order valence-corrected chi connectivity index (χ3v) is 2.91. The van der Waals surface area contributed by atoms with Gasteiger partial charge in [-0.15, -0.1) is 5.10 Å². The summed E-state index contributed by atoms with van der Waals surface area (Å²) < 4.78 is 35.1. The standard InChI is InChI=1S/C14H16F2N4O2.CH4N2O/c1-9-6-13(19-18-7-9)21-8-10-11(20(2)17)4-3-5-12(10)22-14(15)16;2-3-1-4/h3-7,14H,8,17H2,1-2H3;1H,2H2,(H,3,4). The quantitative estimate of drug-likeness (QED) is 0.284. The summed E-state index contributed by atoms with van der Waals surface area (Å²) in [5.74, 6) is 10.4. The predicted octanol–water partition coefficient (Wildman–Crippen LogP) is 0.881. The molecular weight excluding hydrogens is 350 g/mol. The number of aromatic nitrogens is 2. The molecule has 142 valence electrons. The molecule has 0 unspecified atom stereocenters. The van der Waals surface area contributed by atoms with Crippen molar-refractivity contribution in [3.63, 3.8) is 0 Å². The highest BCUT2D eigenvalue weighted by Gasteiger charge is 2.16. The Morgan fingerprint density at radius 1 is 1.42 bits per heavy atom. The Bertz CT molecular complexity index is 703. The molecule has 11 heteroatoms. The van der Waals surface area contributed by atoms with Gasteiger partial charge in [0.25, 0.3) is 0 Å². The molecule has 26 heavy (non-hydrogen) atoms. The second kappa shape index (κ2) is 10.7. The lowest BCUT2D eigenvalue weighted by atomic mass is 10.1. The molecule has 1 amide bonds. The van der Waals surface area contributed by atoms with Crippen LogP contribution >= 0.6 is 0 Å². The number of halogens is 2. The third-order valence-electron chi connectivity index (χ3n) is 2.91. The summed E-state index contributed by atoms with van der Waals surface area (Å²) in [6, 6.07) is 6.38.